The minimum Gasteiger partial charge on any atom is -0.334 e. The van der Waals surface area contributed by atoms with E-state index in [-0.39, 0.29) is 18.0 Å². The van der Waals surface area contributed by atoms with Crippen LogP contribution in [0.25, 0.3) is 0 Å². The number of hydrogen-bond donors (Lipinski definition) is 0. The normalized spacial score (nSPS) is 13.2. The van der Waals surface area contributed by atoms with Gasteiger partial charge in [0.25, 0.3) is 0 Å². The summed E-state index contributed by atoms with van der Waals surface area (Å²) in [6, 6.07) is 10.9. The maximum Gasteiger partial charge on any atom is 0.247 e. The van der Waals surface area contributed by atoms with Crippen molar-refractivity contribution in [3.05, 3.63) is 53.9 Å². The average molecular weight is 296 g/mol. The number of benzene rings is 1. The summed E-state index contributed by atoms with van der Waals surface area (Å²) in [7, 11) is 0. The lowest BCUT2D eigenvalue weighted by atomic mass is 10.0. The van der Waals surface area contributed by atoms with Gasteiger partial charge in [-0.3, -0.25) is 9.48 Å². The van der Waals surface area contributed by atoms with Crippen LogP contribution in [-0.2, 0) is 4.79 Å². The second kappa shape index (κ2) is 6.90. The Hall–Kier alpha value is -2.61. The van der Waals surface area contributed by atoms with Crippen LogP contribution < -0.4 is 0 Å². The van der Waals surface area contributed by atoms with E-state index < -0.39 is 0 Å². The van der Waals surface area contributed by atoms with Crippen LogP contribution in [0.2, 0.25) is 0 Å². The fraction of sp³-hybridized carbons (Fsp3) is 0.353. The van der Waals surface area contributed by atoms with Gasteiger partial charge in [-0.1, -0.05) is 12.1 Å². The fourth-order valence-corrected chi connectivity index (χ4v) is 2.50. The van der Waals surface area contributed by atoms with Gasteiger partial charge in [0.2, 0.25) is 5.91 Å². The minimum absolute atomic E-state index is 0.0306. The Labute approximate surface area is 130 Å². The van der Waals surface area contributed by atoms with E-state index in [0.29, 0.717) is 12.1 Å². The highest BCUT2D eigenvalue weighted by molar-refractivity contribution is 5.80. The molecule has 0 radical (unpaired) electrons. The lowest BCUT2D eigenvalue weighted by Crippen LogP contribution is -2.38. The quantitative estimate of drug-likeness (QED) is 0.852. The second-order valence-electron chi connectivity index (χ2n) is 5.20. The molecule has 114 valence electrons. The molecular formula is C17H20N4O. The highest BCUT2D eigenvalue weighted by Gasteiger charge is 2.25. The number of carbonyl (C=O) groups is 1. The molecule has 0 spiro atoms. The number of nitrogens with zero attached hydrogens (tertiary/aromatic N) is 4. The van der Waals surface area contributed by atoms with E-state index in [4.69, 9.17) is 5.26 Å². The van der Waals surface area contributed by atoms with Crippen molar-refractivity contribution in [1.82, 2.24) is 14.7 Å². The molecule has 22 heavy (non-hydrogen) atoms. The number of nitriles is 1. The van der Waals surface area contributed by atoms with Gasteiger partial charge < -0.3 is 4.90 Å². The third kappa shape index (κ3) is 3.17. The van der Waals surface area contributed by atoms with Gasteiger partial charge in [-0.05, 0) is 44.5 Å². The Morgan fingerprint density at radius 1 is 1.36 bits per heavy atom. The predicted molar refractivity (Wildman–Crippen MR) is 83.9 cm³/mol. The van der Waals surface area contributed by atoms with Gasteiger partial charge in [-0.25, -0.2) is 0 Å². The Morgan fingerprint density at radius 3 is 2.55 bits per heavy atom. The first-order valence-corrected chi connectivity index (χ1v) is 7.38. The third-order valence-corrected chi connectivity index (χ3v) is 3.89. The second-order valence-corrected chi connectivity index (χ2v) is 5.20. The number of amides is 1. The van der Waals surface area contributed by atoms with Gasteiger partial charge >= 0.3 is 0 Å². The van der Waals surface area contributed by atoms with Crippen LogP contribution in [0.15, 0.2) is 42.7 Å². The van der Waals surface area contributed by atoms with Crippen LogP contribution in [0.1, 0.15) is 44.0 Å². The van der Waals surface area contributed by atoms with Crippen molar-refractivity contribution in [2.75, 3.05) is 6.54 Å². The maximum absolute atomic E-state index is 12.7. The molecule has 0 saturated carbocycles. The van der Waals surface area contributed by atoms with Crippen LogP contribution in [0.3, 0.4) is 0 Å². The topological polar surface area (TPSA) is 61.9 Å². The van der Waals surface area contributed by atoms with Crippen molar-refractivity contribution in [3.63, 3.8) is 0 Å². The molecule has 2 rings (SSSR count). The van der Waals surface area contributed by atoms with Crippen LogP contribution in [0.5, 0.6) is 0 Å². The Bertz CT molecular complexity index is 655. The number of hydrogen-bond acceptors (Lipinski definition) is 3. The molecule has 5 heteroatoms. The zero-order valence-electron chi connectivity index (χ0n) is 13.1. The van der Waals surface area contributed by atoms with Crippen molar-refractivity contribution in [2.45, 2.75) is 32.9 Å². The van der Waals surface area contributed by atoms with Crippen molar-refractivity contribution in [1.29, 1.82) is 5.26 Å². The molecule has 1 amide bonds. The lowest BCUT2D eigenvalue weighted by Gasteiger charge is -2.31. The van der Waals surface area contributed by atoms with Crippen LogP contribution in [0, 0.1) is 11.3 Å². The van der Waals surface area contributed by atoms with E-state index in [9.17, 15) is 4.79 Å². The molecule has 0 saturated heterocycles. The SMILES string of the molecule is CCN(C(=O)C(C)n1cccn1)C(C)c1ccc(C#N)cc1. The van der Waals surface area contributed by atoms with Crippen LogP contribution in [0.4, 0.5) is 0 Å². The van der Waals surface area contributed by atoms with Crippen LogP contribution >= 0.6 is 0 Å². The number of likely N-dealkylation sites (N-methyl/N-ethyl adjacent to an activating group) is 1. The van der Waals surface area contributed by atoms with Crippen molar-refractivity contribution >= 4 is 5.91 Å². The number of rotatable bonds is 5. The molecule has 1 aromatic carbocycles. The lowest BCUT2D eigenvalue weighted by molar-refractivity contribution is -0.136. The fourth-order valence-electron chi connectivity index (χ4n) is 2.50. The molecule has 0 N–H and O–H groups in total. The monoisotopic (exact) mass is 296 g/mol. The molecule has 0 aliphatic carbocycles. The summed E-state index contributed by atoms with van der Waals surface area (Å²) in [6.07, 6.45) is 3.47. The van der Waals surface area contributed by atoms with Gasteiger partial charge in [0.15, 0.2) is 0 Å². The summed E-state index contributed by atoms with van der Waals surface area (Å²) in [5.41, 5.74) is 1.64. The van der Waals surface area contributed by atoms with Gasteiger partial charge in [0.1, 0.15) is 6.04 Å². The first-order chi connectivity index (χ1) is 10.6. The molecular weight excluding hydrogens is 276 g/mol. The standard InChI is InChI=1S/C17H20N4O/c1-4-20(17(22)14(3)21-11-5-10-19-21)13(2)16-8-6-15(12-18)7-9-16/h5-11,13-14H,4H2,1-3H3. The first kappa shape index (κ1) is 15.8. The molecule has 2 atom stereocenters. The molecule has 1 heterocycles. The summed E-state index contributed by atoms with van der Waals surface area (Å²) in [5.74, 6) is 0.0306. The van der Waals surface area contributed by atoms with Crippen molar-refractivity contribution in [2.24, 2.45) is 0 Å². The number of carbonyl (C=O) groups excluding carboxylic acids is 1. The molecule has 0 fully saturated rings. The van der Waals surface area contributed by atoms with E-state index in [1.165, 1.54) is 0 Å². The summed E-state index contributed by atoms with van der Waals surface area (Å²) in [5, 5.41) is 13.0. The van der Waals surface area contributed by atoms with Gasteiger partial charge in [0, 0.05) is 18.9 Å². The maximum atomic E-state index is 12.7. The molecule has 2 unspecified atom stereocenters. The predicted octanol–water partition coefficient (Wildman–Crippen LogP) is 2.93. The molecule has 0 bridgehead atoms. The van der Waals surface area contributed by atoms with Gasteiger partial charge in [-0.2, -0.15) is 10.4 Å². The Kier molecular flexibility index (Phi) is 4.95. The summed E-state index contributed by atoms with van der Waals surface area (Å²) < 4.78 is 1.66. The average Bonchev–Trinajstić information content (AvgIpc) is 3.09. The Balaban J connectivity index is 2.19. The van der Waals surface area contributed by atoms with Crippen LogP contribution in [-0.4, -0.2) is 27.1 Å². The van der Waals surface area contributed by atoms with E-state index in [1.807, 2.05) is 43.9 Å². The molecule has 2 aromatic rings. The zero-order valence-corrected chi connectivity index (χ0v) is 13.1. The molecule has 1 aromatic heterocycles. The molecule has 5 nitrogen and oxygen atoms in total. The summed E-state index contributed by atoms with van der Waals surface area (Å²) >= 11 is 0. The molecule has 0 aliphatic heterocycles. The van der Waals surface area contributed by atoms with Gasteiger partial charge in [0.05, 0.1) is 17.7 Å². The Morgan fingerprint density at radius 2 is 2.05 bits per heavy atom. The zero-order chi connectivity index (χ0) is 16.1. The largest absolute Gasteiger partial charge is 0.334 e. The first-order valence-electron chi connectivity index (χ1n) is 7.38. The van der Waals surface area contributed by atoms with Gasteiger partial charge in [-0.15, -0.1) is 0 Å². The van der Waals surface area contributed by atoms with Crippen molar-refractivity contribution in [3.8, 4) is 6.07 Å². The highest BCUT2D eigenvalue weighted by atomic mass is 16.2. The summed E-state index contributed by atoms with van der Waals surface area (Å²) in [6.45, 7) is 6.43. The van der Waals surface area contributed by atoms with E-state index in [1.54, 1.807) is 29.2 Å². The smallest absolute Gasteiger partial charge is 0.247 e. The van der Waals surface area contributed by atoms with E-state index in [0.717, 1.165) is 5.56 Å². The molecule has 0 aliphatic rings. The third-order valence-electron chi connectivity index (χ3n) is 3.89. The highest BCUT2D eigenvalue weighted by Crippen LogP contribution is 2.23. The number of aromatic nitrogens is 2. The van der Waals surface area contributed by atoms with E-state index >= 15 is 0 Å². The minimum atomic E-state index is -0.337. The van der Waals surface area contributed by atoms with Crippen molar-refractivity contribution < 1.29 is 4.79 Å². The van der Waals surface area contributed by atoms with E-state index in [2.05, 4.69) is 11.2 Å². The summed E-state index contributed by atoms with van der Waals surface area (Å²) in [4.78, 5) is 14.6.